The normalized spacial score (nSPS) is 10.9. The summed E-state index contributed by atoms with van der Waals surface area (Å²) in [6.07, 6.45) is 3.53. The Morgan fingerprint density at radius 2 is 1.95 bits per heavy atom. The van der Waals surface area contributed by atoms with E-state index in [0.29, 0.717) is 0 Å². The van der Waals surface area contributed by atoms with Crippen molar-refractivity contribution in [1.29, 1.82) is 0 Å². The number of aromatic nitrogens is 1. The zero-order valence-corrected chi connectivity index (χ0v) is 11.7. The van der Waals surface area contributed by atoms with Crippen molar-refractivity contribution in [2.24, 2.45) is 5.10 Å². The fourth-order valence-electron chi connectivity index (χ4n) is 2.09. The van der Waals surface area contributed by atoms with Crippen LogP contribution in [0.25, 0.3) is 10.9 Å². The number of nitrogens with zero attached hydrogens (tertiary/aromatic N) is 2. The van der Waals surface area contributed by atoms with Gasteiger partial charge in [-0.25, -0.2) is 0 Å². The van der Waals surface area contributed by atoms with Crippen molar-refractivity contribution in [2.45, 2.75) is 0 Å². The predicted molar refractivity (Wildman–Crippen MR) is 86.0 cm³/mol. The number of fused-ring (bicyclic) bond motifs is 1. The molecule has 104 valence electrons. The van der Waals surface area contributed by atoms with Gasteiger partial charge in [-0.2, -0.15) is 5.10 Å². The summed E-state index contributed by atoms with van der Waals surface area (Å²) in [6, 6.07) is 17.6. The lowest BCUT2D eigenvalue weighted by Gasteiger charge is -2.04. The Balaban J connectivity index is 1.81. The zero-order chi connectivity index (χ0) is 14.5. The third kappa shape index (κ3) is 3.00. The summed E-state index contributed by atoms with van der Waals surface area (Å²) in [4.78, 5) is 4.38. The van der Waals surface area contributed by atoms with E-state index in [9.17, 15) is 0 Å². The van der Waals surface area contributed by atoms with Crippen LogP contribution in [0.1, 0.15) is 5.56 Å². The number of para-hydroxylation sites is 1. The molecule has 2 aromatic carbocycles. The van der Waals surface area contributed by atoms with E-state index in [-0.39, 0.29) is 0 Å². The lowest BCUT2D eigenvalue weighted by atomic mass is 10.2. The van der Waals surface area contributed by atoms with Crippen molar-refractivity contribution in [3.63, 3.8) is 0 Å². The number of anilines is 1. The van der Waals surface area contributed by atoms with Crippen LogP contribution < -0.4 is 10.2 Å². The molecular formula is C17H15N3O. The van der Waals surface area contributed by atoms with Gasteiger partial charge >= 0.3 is 0 Å². The first-order valence-corrected chi connectivity index (χ1v) is 6.64. The molecular weight excluding hydrogens is 262 g/mol. The van der Waals surface area contributed by atoms with Crippen LogP contribution in [0.15, 0.2) is 65.9 Å². The van der Waals surface area contributed by atoms with Crippen molar-refractivity contribution in [2.75, 3.05) is 12.5 Å². The number of rotatable bonds is 4. The van der Waals surface area contributed by atoms with Crippen molar-refractivity contribution in [3.8, 4) is 5.75 Å². The van der Waals surface area contributed by atoms with E-state index in [2.05, 4.69) is 15.5 Å². The third-order valence-corrected chi connectivity index (χ3v) is 3.13. The summed E-state index contributed by atoms with van der Waals surface area (Å²) in [7, 11) is 1.65. The second-order valence-electron chi connectivity index (χ2n) is 4.53. The molecule has 0 aliphatic rings. The van der Waals surface area contributed by atoms with Crippen molar-refractivity contribution in [1.82, 2.24) is 4.98 Å². The topological polar surface area (TPSA) is 46.5 Å². The fourth-order valence-corrected chi connectivity index (χ4v) is 2.09. The molecule has 0 bridgehead atoms. The Bertz CT molecular complexity index is 778. The molecule has 4 nitrogen and oxygen atoms in total. The molecule has 1 aromatic heterocycles. The first-order chi connectivity index (χ1) is 10.4. The minimum Gasteiger partial charge on any atom is -0.497 e. The molecule has 0 aliphatic carbocycles. The lowest BCUT2D eigenvalue weighted by Crippen LogP contribution is -1.93. The van der Waals surface area contributed by atoms with Crippen LogP contribution in [-0.4, -0.2) is 18.3 Å². The number of hydrogen-bond acceptors (Lipinski definition) is 4. The smallest absolute Gasteiger partial charge is 0.119 e. The van der Waals surface area contributed by atoms with Crippen molar-refractivity contribution < 1.29 is 4.74 Å². The maximum absolute atomic E-state index is 5.19. The lowest BCUT2D eigenvalue weighted by molar-refractivity contribution is 0.415. The van der Waals surface area contributed by atoms with Crippen LogP contribution in [0.4, 0.5) is 5.69 Å². The average Bonchev–Trinajstić information content (AvgIpc) is 2.55. The molecule has 0 amide bonds. The molecule has 0 radical (unpaired) electrons. The summed E-state index contributed by atoms with van der Waals surface area (Å²) >= 11 is 0. The largest absolute Gasteiger partial charge is 0.497 e. The Labute approximate surface area is 123 Å². The second-order valence-corrected chi connectivity index (χ2v) is 4.53. The molecule has 1 N–H and O–H groups in total. The number of pyridine rings is 1. The number of hydrazone groups is 1. The maximum atomic E-state index is 5.19. The van der Waals surface area contributed by atoms with Crippen molar-refractivity contribution >= 4 is 22.8 Å². The highest BCUT2D eigenvalue weighted by atomic mass is 16.5. The summed E-state index contributed by atoms with van der Waals surface area (Å²) in [5, 5.41) is 5.35. The minimum absolute atomic E-state index is 0.811. The molecule has 0 saturated carbocycles. The highest BCUT2D eigenvalue weighted by Gasteiger charge is 1.99. The second kappa shape index (κ2) is 6.05. The SMILES string of the molecule is COc1cccc(/C=N/Nc2cccc3cccnc23)c1. The van der Waals surface area contributed by atoms with Crippen LogP contribution in [0, 0.1) is 0 Å². The Morgan fingerprint density at radius 3 is 2.86 bits per heavy atom. The zero-order valence-electron chi connectivity index (χ0n) is 11.7. The molecule has 0 spiro atoms. The van der Waals surface area contributed by atoms with Crippen LogP contribution in [-0.2, 0) is 0 Å². The van der Waals surface area contributed by atoms with Gasteiger partial charge in [-0.1, -0.05) is 30.3 Å². The fraction of sp³-hybridized carbons (Fsp3) is 0.0588. The molecule has 4 heteroatoms. The van der Waals surface area contributed by atoms with Gasteiger partial charge in [-0.05, 0) is 29.8 Å². The molecule has 0 unspecified atom stereocenters. The molecule has 0 atom stereocenters. The average molecular weight is 277 g/mol. The Hall–Kier alpha value is -2.88. The van der Waals surface area contributed by atoms with Gasteiger partial charge in [0, 0.05) is 11.6 Å². The molecule has 3 aromatic rings. The number of hydrogen-bond donors (Lipinski definition) is 1. The molecule has 0 saturated heterocycles. The number of benzene rings is 2. The highest BCUT2D eigenvalue weighted by Crippen LogP contribution is 2.20. The maximum Gasteiger partial charge on any atom is 0.119 e. The standard InChI is InChI=1S/C17H15N3O/c1-21-15-8-2-5-13(11-15)12-19-20-16-9-3-6-14-7-4-10-18-17(14)16/h2-12,20H,1H3/b19-12+. The first kappa shape index (κ1) is 13.1. The third-order valence-electron chi connectivity index (χ3n) is 3.13. The molecule has 3 rings (SSSR count). The van der Waals surface area contributed by atoms with E-state index < -0.39 is 0 Å². The van der Waals surface area contributed by atoms with E-state index in [1.165, 1.54) is 0 Å². The highest BCUT2D eigenvalue weighted by molar-refractivity contribution is 5.90. The van der Waals surface area contributed by atoms with E-state index in [4.69, 9.17) is 4.74 Å². The van der Waals surface area contributed by atoms with Crippen LogP contribution >= 0.6 is 0 Å². The Morgan fingerprint density at radius 1 is 1.10 bits per heavy atom. The van der Waals surface area contributed by atoms with Crippen molar-refractivity contribution in [3.05, 3.63) is 66.4 Å². The number of methoxy groups -OCH3 is 1. The van der Waals surface area contributed by atoms with Crippen LogP contribution in [0.5, 0.6) is 5.75 Å². The molecule has 0 aliphatic heterocycles. The van der Waals surface area contributed by atoms with Gasteiger partial charge in [0.25, 0.3) is 0 Å². The predicted octanol–water partition coefficient (Wildman–Crippen LogP) is 3.69. The number of nitrogens with one attached hydrogen (secondary N) is 1. The molecule has 21 heavy (non-hydrogen) atoms. The summed E-state index contributed by atoms with van der Waals surface area (Å²) in [6.45, 7) is 0. The van der Waals surface area contributed by atoms with Gasteiger partial charge in [-0.3, -0.25) is 10.4 Å². The van der Waals surface area contributed by atoms with Gasteiger partial charge in [0.1, 0.15) is 5.75 Å². The van der Waals surface area contributed by atoms with E-state index in [1.807, 2.05) is 54.6 Å². The molecule has 1 heterocycles. The molecule has 0 fully saturated rings. The van der Waals surface area contributed by atoms with E-state index in [1.54, 1.807) is 19.5 Å². The summed E-state index contributed by atoms with van der Waals surface area (Å²) in [5.74, 6) is 0.811. The van der Waals surface area contributed by atoms with Gasteiger partial charge in [-0.15, -0.1) is 0 Å². The monoisotopic (exact) mass is 277 g/mol. The van der Waals surface area contributed by atoms with Gasteiger partial charge < -0.3 is 4.74 Å². The van der Waals surface area contributed by atoms with E-state index in [0.717, 1.165) is 27.9 Å². The Kier molecular flexibility index (Phi) is 3.78. The van der Waals surface area contributed by atoms with Gasteiger partial charge in [0.15, 0.2) is 0 Å². The summed E-state index contributed by atoms with van der Waals surface area (Å²) in [5.41, 5.74) is 5.79. The number of ether oxygens (including phenoxy) is 1. The first-order valence-electron chi connectivity index (χ1n) is 6.64. The van der Waals surface area contributed by atoms with Gasteiger partial charge in [0.2, 0.25) is 0 Å². The quantitative estimate of drug-likeness (QED) is 0.584. The van der Waals surface area contributed by atoms with Gasteiger partial charge in [0.05, 0.1) is 24.5 Å². The van der Waals surface area contributed by atoms with Crippen LogP contribution in [0.3, 0.4) is 0 Å². The van der Waals surface area contributed by atoms with Crippen LogP contribution in [0.2, 0.25) is 0 Å². The minimum atomic E-state index is 0.811. The summed E-state index contributed by atoms with van der Waals surface area (Å²) < 4.78 is 5.19. The van der Waals surface area contributed by atoms with E-state index >= 15 is 0 Å².